The first-order chi connectivity index (χ1) is 13.6. The lowest BCUT2D eigenvalue weighted by molar-refractivity contribution is 0.415. The van der Waals surface area contributed by atoms with Gasteiger partial charge < -0.3 is 10.5 Å². The molecule has 2 aromatic carbocycles. The number of thiophene rings is 1. The molecule has 0 spiro atoms. The Kier molecular flexibility index (Phi) is 5.43. The van der Waals surface area contributed by atoms with Gasteiger partial charge in [0.1, 0.15) is 27.3 Å². The third-order valence-corrected chi connectivity index (χ3v) is 6.19. The van der Waals surface area contributed by atoms with Gasteiger partial charge in [-0.3, -0.25) is 0 Å². The van der Waals surface area contributed by atoms with Gasteiger partial charge in [0.15, 0.2) is 0 Å². The molecule has 2 heterocycles. The number of rotatable bonds is 5. The predicted octanol–water partition coefficient (Wildman–Crippen LogP) is 6.24. The third-order valence-electron chi connectivity index (χ3n) is 4.06. The minimum atomic E-state index is 0.437. The van der Waals surface area contributed by atoms with E-state index < -0.39 is 0 Å². The molecule has 0 fully saturated rings. The molecule has 0 unspecified atom stereocenters. The zero-order valence-corrected chi connectivity index (χ0v) is 17.3. The van der Waals surface area contributed by atoms with Gasteiger partial charge in [-0.05, 0) is 47.8 Å². The van der Waals surface area contributed by atoms with Gasteiger partial charge in [0, 0.05) is 16.1 Å². The maximum Gasteiger partial charge on any atom is 0.147 e. The quantitative estimate of drug-likeness (QED) is 0.304. The van der Waals surface area contributed by atoms with Crippen molar-refractivity contribution in [2.75, 3.05) is 7.11 Å². The Bertz CT molecular complexity index is 1100. The lowest BCUT2D eigenvalue weighted by Gasteiger charge is -2.03. The summed E-state index contributed by atoms with van der Waals surface area (Å²) in [6, 6.07) is 19.2. The first-order valence-electron chi connectivity index (χ1n) is 8.43. The lowest BCUT2D eigenvalue weighted by atomic mass is 10.2. The van der Waals surface area contributed by atoms with E-state index in [1.165, 1.54) is 11.3 Å². The van der Waals surface area contributed by atoms with Crippen molar-refractivity contribution in [1.29, 1.82) is 0 Å². The second-order valence-electron chi connectivity index (χ2n) is 5.88. The molecule has 0 bridgehead atoms. The maximum absolute atomic E-state index is 6.28. The van der Waals surface area contributed by atoms with Gasteiger partial charge in [-0.2, -0.15) is 0 Å². The minimum absolute atomic E-state index is 0.437. The molecule has 0 saturated carbocycles. The van der Waals surface area contributed by atoms with Crippen molar-refractivity contribution in [3.8, 4) is 26.9 Å². The number of aromatic nitrogens is 1. The number of ether oxygens (including phenoxy) is 1. The van der Waals surface area contributed by atoms with Crippen LogP contribution in [0.1, 0.15) is 5.56 Å². The summed E-state index contributed by atoms with van der Waals surface area (Å²) >= 11 is 9.15. The fraction of sp³-hybridized carbons (Fsp3) is 0.0476. The van der Waals surface area contributed by atoms with Crippen LogP contribution < -0.4 is 10.5 Å². The molecule has 2 N–H and O–H groups in total. The van der Waals surface area contributed by atoms with E-state index in [0.29, 0.717) is 10.9 Å². The molecule has 0 atom stereocenters. The van der Waals surface area contributed by atoms with Crippen LogP contribution in [0.4, 0.5) is 5.00 Å². The monoisotopic (exact) mass is 425 g/mol. The van der Waals surface area contributed by atoms with Gasteiger partial charge in [-0.15, -0.1) is 11.3 Å². The Morgan fingerprint density at radius 1 is 1.07 bits per heavy atom. The van der Waals surface area contributed by atoms with E-state index >= 15 is 0 Å². The van der Waals surface area contributed by atoms with Crippen LogP contribution in [-0.2, 0) is 0 Å². The Balaban J connectivity index is 1.77. The zero-order chi connectivity index (χ0) is 19.5. The highest BCUT2D eigenvalue weighted by atomic mass is 35.5. The summed E-state index contributed by atoms with van der Waals surface area (Å²) in [4.78, 5) is 10.6. The van der Waals surface area contributed by atoms with Crippen LogP contribution >= 0.6 is 34.3 Å². The van der Waals surface area contributed by atoms with Crippen LogP contribution in [-0.4, -0.2) is 17.9 Å². The second kappa shape index (κ2) is 8.14. The second-order valence-corrected chi connectivity index (χ2v) is 8.24. The number of methoxy groups -OCH3 is 1. The number of aliphatic imine (C=N–C) groups is 1. The zero-order valence-electron chi connectivity index (χ0n) is 14.9. The van der Waals surface area contributed by atoms with Crippen molar-refractivity contribution in [1.82, 2.24) is 4.98 Å². The van der Waals surface area contributed by atoms with Gasteiger partial charge in [0.05, 0.1) is 12.0 Å². The van der Waals surface area contributed by atoms with Crippen LogP contribution in [0.25, 0.3) is 21.1 Å². The number of hydrogen-bond acceptors (Lipinski definition) is 5. The third kappa shape index (κ3) is 3.94. The molecule has 7 heteroatoms. The summed E-state index contributed by atoms with van der Waals surface area (Å²) in [6.07, 6.45) is 0. The largest absolute Gasteiger partial charge is 0.497 e. The summed E-state index contributed by atoms with van der Waals surface area (Å²) in [5.41, 5.74) is 8.95. The molecule has 140 valence electrons. The van der Waals surface area contributed by atoms with Gasteiger partial charge in [-0.1, -0.05) is 41.1 Å². The summed E-state index contributed by atoms with van der Waals surface area (Å²) in [7, 11) is 1.63. The van der Waals surface area contributed by atoms with Crippen LogP contribution in [0, 0.1) is 0 Å². The summed E-state index contributed by atoms with van der Waals surface area (Å²) in [5, 5.41) is 4.37. The molecular formula is C21H16ClN3OS2. The number of hydrogen-bond donors (Lipinski definition) is 1. The molecule has 4 rings (SSSR count). The van der Waals surface area contributed by atoms with E-state index in [1.807, 2.05) is 66.0 Å². The molecule has 0 saturated heterocycles. The van der Waals surface area contributed by atoms with Crippen LogP contribution in [0.2, 0.25) is 5.02 Å². The normalized spacial score (nSPS) is 11.6. The number of thiazole rings is 1. The van der Waals surface area contributed by atoms with Crippen molar-refractivity contribution in [2.24, 2.45) is 10.7 Å². The number of halogens is 1. The standard InChI is InChI=1S/C21H16ClN3OS2/c1-26-16-10-6-13(7-11-16)19(23)25-21-18(17-3-2-12-27-17)24-20(28-21)14-4-8-15(22)9-5-14/h2-12H,1H3,(H2,23,25). The summed E-state index contributed by atoms with van der Waals surface area (Å²) in [5.74, 6) is 1.21. The number of nitrogens with two attached hydrogens (primary N) is 1. The van der Waals surface area contributed by atoms with E-state index in [2.05, 4.69) is 0 Å². The molecule has 4 aromatic rings. The van der Waals surface area contributed by atoms with Crippen molar-refractivity contribution >= 4 is 45.1 Å². The minimum Gasteiger partial charge on any atom is -0.497 e. The van der Waals surface area contributed by atoms with Crippen molar-refractivity contribution in [3.05, 3.63) is 76.6 Å². The SMILES string of the molecule is COc1ccc(/C(N)=N/c2sc(-c3ccc(Cl)cc3)nc2-c2cccs2)cc1. The van der Waals surface area contributed by atoms with Crippen LogP contribution in [0.3, 0.4) is 0 Å². The fourth-order valence-electron chi connectivity index (χ4n) is 2.61. The van der Waals surface area contributed by atoms with E-state index in [1.54, 1.807) is 18.4 Å². The van der Waals surface area contributed by atoms with Crippen LogP contribution in [0.5, 0.6) is 5.75 Å². The Hall–Kier alpha value is -2.67. The van der Waals surface area contributed by atoms with E-state index in [9.17, 15) is 0 Å². The molecule has 4 nitrogen and oxygen atoms in total. The Labute approximate surface area is 175 Å². The van der Waals surface area contributed by atoms with E-state index in [-0.39, 0.29) is 0 Å². The molecular weight excluding hydrogens is 410 g/mol. The number of amidine groups is 1. The van der Waals surface area contributed by atoms with Gasteiger partial charge >= 0.3 is 0 Å². The topological polar surface area (TPSA) is 60.5 Å². The lowest BCUT2D eigenvalue weighted by Crippen LogP contribution is -2.12. The summed E-state index contributed by atoms with van der Waals surface area (Å²) < 4.78 is 5.20. The molecule has 0 aliphatic carbocycles. The molecule has 0 amide bonds. The molecule has 0 aliphatic rings. The van der Waals surface area contributed by atoms with E-state index in [0.717, 1.165) is 37.5 Å². The van der Waals surface area contributed by atoms with Crippen molar-refractivity contribution < 1.29 is 4.74 Å². The molecule has 0 radical (unpaired) electrons. The summed E-state index contributed by atoms with van der Waals surface area (Å²) in [6.45, 7) is 0. The molecule has 2 aromatic heterocycles. The molecule has 28 heavy (non-hydrogen) atoms. The highest BCUT2D eigenvalue weighted by molar-refractivity contribution is 7.20. The average molecular weight is 426 g/mol. The van der Waals surface area contributed by atoms with Gasteiger partial charge in [0.25, 0.3) is 0 Å². The average Bonchev–Trinajstić information content (AvgIpc) is 3.38. The predicted molar refractivity (Wildman–Crippen MR) is 119 cm³/mol. The van der Waals surface area contributed by atoms with Crippen molar-refractivity contribution in [3.63, 3.8) is 0 Å². The Morgan fingerprint density at radius 2 is 1.82 bits per heavy atom. The first-order valence-corrected chi connectivity index (χ1v) is 10.5. The van der Waals surface area contributed by atoms with Crippen LogP contribution in [0.15, 0.2) is 71.0 Å². The Morgan fingerprint density at radius 3 is 2.46 bits per heavy atom. The highest BCUT2D eigenvalue weighted by Crippen LogP contribution is 2.41. The number of nitrogens with zero attached hydrogens (tertiary/aromatic N) is 2. The smallest absolute Gasteiger partial charge is 0.147 e. The fourth-order valence-corrected chi connectivity index (χ4v) is 4.49. The molecule has 0 aliphatic heterocycles. The highest BCUT2D eigenvalue weighted by Gasteiger charge is 2.16. The van der Waals surface area contributed by atoms with Gasteiger partial charge in [-0.25, -0.2) is 9.98 Å². The first kappa shape index (κ1) is 18.7. The van der Waals surface area contributed by atoms with E-state index in [4.69, 9.17) is 32.0 Å². The van der Waals surface area contributed by atoms with Gasteiger partial charge in [0.2, 0.25) is 0 Å². The van der Waals surface area contributed by atoms with Crippen molar-refractivity contribution in [2.45, 2.75) is 0 Å². The number of benzene rings is 2. The maximum atomic E-state index is 6.28.